The van der Waals surface area contributed by atoms with Gasteiger partial charge in [-0.25, -0.2) is 5.43 Å². The number of amides is 1. The van der Waals surface area contributed by atoms with E-state index in [1.165, 1.54) is 0 Å². The molecule has 0 atom stereocenters. The summed E-state index contributed by atoms with van der Waals surface area (Å²) in [6, 6.07) is 0. The lowest BCUT2D eigenvalue weighted by atomic mass is 10.2. The van der Waals surface area contributed by atoms with Gasteiger partial charge < -0.3 is 11.2 Å². The normalized spacial score (nSPS) is 15.4. The molecular weight excluding hydrogens is 182 g/mol. The van der Waals surface area contributed by atoms with Gasteiger partial charge in [0.15, 0.2) is 0 Å². The van der Waals surface area contributed by atoms with E-state index >= 15 is 0 Å². The SMILES string of the molecule is NC(=O)C1=C(c2cnccn2)NNC1. The highest BCUT2D eigenvalue weighted by Gasteiger charge is 2.20. The third-order valence-corrected chi connectivity index (χ3v) is 1.90. The van der Waals surface area contributed by atoms with E-state index in [1.54, 1.807) is 18.6 Å². The topological polar surface area (TPSA) is 92.9 Å². The molecule has 1 amide bonds. The number of hydrazine groups is 1. The maximum atomic E-state index is 11.0. The quantitative estimate of drug-likeness (QED) is 0.545. The summed E-state index contributed by atoms with van der Waals surface area (Å²) in [6.07, 6.45) is 4.69. The molecule has 2 heterocycles. The van der Waals surface area contributed by atoms with Crippen LogP contribution in [0.1, 0.15) is 5.69 Å². The monoisotopic (exact) mass is 191 g/mol. The van der Waals surface area contributed by atoms with Crippen molar-refractivity contribution >= 4 is 11.6 Å². The number of hydrogen-bond donors (Lipinski definition) is 3. The van der Waals surface area contributed by atoms with Crippen molar-refractivity contribution in [3.8, 4) is 0 Å². The predicted molar refractivity (Wildman–Crippen MR) is 49.3 cm³/mol. The van der Waals surface area contributed by atoms with Crippen molar-refractivity contribution in [2.75, 3.05) is 6.54 Å². The summed E-state index contributed by atoms with van der Waals surface area (Å²) >= 11 is 0. The molecule has 0 aromatic carbocycles. The first kappa shape index (κ1) is 8.64. The van der Waals surface area contributed by atoms with Gasteiger partial charge in [-0.1, -0.05) is 0 Å². The van der Waals surface area contributed by atoms with Crippen LogP contribution in [-0.2, 0) is 4.79 Å². The molecule has 0 saturated heterocycles. The van der Waals surface area contributed by atoms with Gasteiger partial charge in [-0.2, -0.15) is 0 Å². The molecular formula is C8H9N5O. The maximum absolute atomic E-state index is 11.0. The highest BCUT2D eigenvalue weighted by molar-refractivity contribution is 6.00. The molecule has 14 heavy (non-hydrogen) atoms. The van der Waals surface area contributed by atoms with E-state index in [0.717, 1.165) is 0 Å². The zero-order chi connectivity index (χ0) is 9.97. The van der Waals surface area contributed by atoms with Crippen LogP contribution in [0.4, 0.5) is 0 Å². The summed E-state index contributed by atoms with van der Waals surface area (Å²) in [6.45, 7) is 0.404. The third kappa shape index (κ3) is 1.42. The average Bonchev–Trinajstić information content (AvgIpc) is 2.67. The summed E-state index contributed by atoms with van der Waals surface area (Å²) in [5.74, 6) is -0.455. The fourth-order valence-electron chi connectivity index (χ4n) is 1.24. The van der Waals surface area contributed by atoms with Crippen molar-refractivity contribution in [2.45, 2.75) is 0 Å². The number of carbonyl (C=O) groups is 1. The Morgan fingerprint density at radius 3 is 3.00 bits per heavy atom. The highest BCUT2D eigenvalue weighted by atomic mass is 16.1. The van der Waals surface area contributed by atoms with E-state index in [9.17, 15) is 4.79 Å². The molecule has 0 spiro atoms. The molecule has 0 fully saturated rings. The standard InChI is InChI=1S/C8H9N5O/c9-8(14)5-3-12-13-7(5)6-4-10-1-2-11-6/h1-2,4,12-13H,3H2,(H2,9,14). The van der Waals surface area contributed by atoms with Gasteiger partial charge in [-0.05, 0) is 0 Å². The Hall–Kier alpha value is -1.95. The van der Waals surface area contributed by atoms with Gasteiger partial charge in [0.1, 0.15) is 5.69 Å². The molecule has 0 aliphatic carbocycles. The number of aromatic nitrogens is 2. The molecule has 0 radical (unpaired) electrons. The number of primary amides is 1. The van der Waals surface area contributed by atoms with E-state index < -0.39 is 5.91 Å². The van der Waals surface area contributed by atoms with Crippen molar-refractivity contribution in [1.29, 1.82) is 0 Å². The number of nitrogens with two attached hydrogens (primary N) is 1. The first-order chi connectivity index (χ1) is 6.79. The molecule has 6 nitrogen and oxygen atoms in total. The van der Waals surface area contributed by atoms with Crippen LogP contribution < -0.4 is 16.6 Å². The second-order valence-corrected chi connectivity index (χ2v) is 2.79. The van der Waals surface area contributed by atoms with E-state index in [0.29, 0.717) is 23.5 Å². The van der Waals surface area contributed by atoms with Gasteiger partial charge >= 0.3 is 0 Å². The van der Waals surface area contributed by atoms with Crippen LogP contribution in [0.25, 0.3) is 5.70 Å². The van der Waals surface area contributed by atoms with Gasteiger partial charge in [0.2, 0.25) is 5.91 Å². The van der Waals surface area contributed by atoms with Gasteiger partial charge in [-0.15, -0.1) is 0 Å². The molecule has 1 aliphatic rings. The Kier molecular flexibility index (Phi) is 2.11. The van der Waals surface area contributed by atoms with Crippen molar-refractivity contribution in [2.24, 2.45) is 5.73 Å². The molecule has 0 unspecified atom stereocenters. The summed E-state index contributed by atoms with van der Waals surface area (Å²) in [4.78, 5) is 19.0. The predicted octanol–water partition coefficient (Wildman–Crippen LogP) is -1.22. The molecule has 1 aromatic heterocycles. The van der Waals surface area contributed by atoms with Crippen LogP contribution in [0.5, 0.6) is 0 Å². The maximum Gasteiger partial charge on any atom is 0.248 e. The minimum atomic E-state index is -0.455. The number of hydrogen-bond acceptors (Lipinski definition) is 5. The molecule has 1 aromatic rings. The summed E-state index contributed by atoms with van der Waals surface area (Å²) in [5.41, 5.74) is 12.5. The zero-order valence-electron chi connectivity index (χ0n) is 7.32. The fourth-order valence-corrected chi connectivity index (χ4v) is 1.24. The average molecular weight is 191 g/mol. The van der Waals surface area contributed by atoms with Crippen molar-refractivity contribution in [3.05, 3.63) is 29.9 Å². The van der Waals surface area contributed by atoms with Crippen LogP contribution in [-0.4, -0.2) is 22.4 Å². The van der Waals surface area contributed by atoms with Crippen molar-refractivity contribution in [3.63, 3.8) is 0 Å². The molecule has 2 rings (SSSR count). The Balaban J connectivity index is 2.43. The lowest BCUT2D eigenvalue weighted by Crippen LogP contribution is -2.24. The minimum Gasteiger partial charge on any atom is -0.366 e. The lowest BCUT2D eigenvalue weighted by Gasteiger charge is -2.02. The largest absolute Gasteiger partial charge is 0.366 e. The Bertz CT molecular complexity index is 386. The van der Waals surface area contributed by atoms with Crippen molar-refractivity contribution in [1.82, 2.24) is 20.8 Å². The Morgan fingerprint density at radius 1 is 1.50 bits per heavy atom. The lowest BCUT2D eigenvalue weighted by molar-refractivity contribution is -0.114. The van der Waals surface area contributed by atoms with Gasteiger partial charge in [0.25, 0.3) is 0 Å². The van der Waals surface area contributed by atoms with Crippen LogP contribution in [0.15, 0.2) is 24.2 Å². The smallest absolute Gasteiger partial charge is 0.248 e. The van der Waals surface area contributed by atoms with Crippen LogP contribution >= 0.6 is 0 Å². The van der Waals surface area contributed by atoms with E-state index in [4.69, 9.17) is 5.73 Å². The molecule has 4 N–H and O–H groups in total. The van der Waals surface area contributed by atoms with E-state index in [1.807, 2.05) is 0 Å². The second-order valence-electron chi connectivity index (χ2n) is 2.79. The first-order valence-electron chi connectivity index (χ1n) is 4.07. The second kappa shape index (κ2) is 3.43. The minimum absolute atomic E-state index is 0.404. The zero-order valence-corrected chi connectivity index (χ0v) is 7.32. The van der Waals surface area contributed by atoms with Crippen LogP contribution in [0.2, 0.25) is 0 Å². The first-order valence-corrected chi connectivity index (χ1v) is 4.07. The molecule has 72 valence electrons. The molecule has 6 heteroatoms. The Morgan fingerprint density at radius 2 is 2.36 bits per heavy atom. The van der Waals surface area contributed by atoms with Crippen LogP contribution in [0, 0.1) is 0 Å². The van der Waals surface area contributed by atoms with Crippen LogP contribution in [0.3, 0.4) is 0 Å². The Labute approximate surface area is 80.2 Å². The molecule has 0 bridgehead atoms. The number of nitrogens with zero attached hydrogens (tertiary/aromatic N) is 2. The van der Waals surface area contributed by atoms with E-state index in [2.05, 4.69) is 20.8 Å². The molecule has 0 saturated carbocycles. The summed E-state index contributed by atoms with van der Waals surface area (Å²) in [5, 5.41) is 0. The fraction of sp³-hybridized carbons (Fsp3) is 0.125. The summed E-state index contributed by atoms with van der Waals surface area (Å²) < 4.78 is 0. The van der Waals surface area contributed by atoms with E-state index in [-0.39, 0.29) is 0 Å². The third-order valence-electron chi connectivity index (χ3n) is 1.90. The van der Waals surface area contributed by atoms with Gasteiger partial charge in [0.05, 0.1) is 17.5 Å². The highest BCUT2D eigenvalue weighted by Crippen LogP contribution is 2.14. The molecule has 1 aliphatic heterocycles. The number of carbonyl (C=O) groups excluding carboxylic acids is 1. The van der Waals surface area contributed by atoms with Gasteiger partial charge in [0, 0.05) is 18.9 Å². The number of rotatable bonds is 2. The van der Waals surface area contributed by atoms with Crippen molar-refractivity contribution < 1.29 is 4.79 Å². The summed E-state index contributed by atoms with van der Waals surface area (Å²) in [7, 11) is 0. The number of nitrogens with one attached hydrogen (secondary N) is 2. The van der Waals surface area contributed by atoms with Gasteiger partial charge in [-0.3, -0.25) is 14.8 Å².